The number of rotatable bonds is 10. The fourth-order valence-corrected chi connectivity index (χ4v) is 6.19. The standard InChI is InChI=1S/C24H26O4P2/c1-3-26-30(25,27-4-2)28-24(21-14-8-5-9-15-21)20-29(22-16-10-6-11-17-22)23-18-12-7-13-19-23/h5-20H,3-4H2,1-2H3/b24-20-. The maximum atomic E-state index is 13.2. The van der Waals surface area contributed by atoms with E-state index in [1.165, 1.54) is 10.6 Å². The summed E-state index contributed by atoms with van der Waals surface area (Å²) < 4.78 is 29.9. The second-order valence-corrected chi connectivity index (χ2v) is 9.90. The Morgan fingerprint density at radius 1 is 0.767 bits per heavy atom. The van der Waals surface area contributed by atoms with Gasteiger partial charge in [-0.15, -0.1) is 0 Å². The summed E-state index contributed by atoms with van der Waals surface area (Å²) in [6, 6.07) is 30.1. The minimum atomic E-state index is -3.74. The van der Waals surface area contributed by atoms with Gasteiger partial charge in [-0.05, 0) is 38.2 Å². The van der Waals surface area contributed by atoms with Crippen LogP contribution < -0.4 is 10.6 Å². The Morgan fingerprint density at radius 2 is 1.20 bits per heavy atom. The van der Waals surface area contributed by atoms with Crippen molar-refractivity contribution in [3.05, 3.63) is 102 Å². The average Bonchev–Trinajstić information content (AvgIpc) is 2.79. The van der Waals surface area contributed by atoms with E-state index in [0.717, 1.165) is 5.56 Å². The molecule has 0 aliphatic heterocycles. The summed E-state index contributed by atoms with van der Waals surface area (Å²) in [4.78, 5) is 0. The smallest absolute Gasteiger partial charge is 0.403 e. The highest BCUT2D eigenvalue weighted by molar-refractivity contribution is 7.76. The van der Waals surface area contributed by atoms with Crippen LogP contribution >= 0.6 is 15.7 Å². The first-order valence-electron chi connectivity index (χ1n) is 9.90. The molecule has 0 bridgehead atoms. The van der Waals surface area contributed by atoms with Crippen molar-refractivity contribution >= 4 is 32.1 Å². The molecule has 6 heteroatoms. The molecule has 0 unspecified atom stereocenters. The van der Waals surface area contributed by atoms with Crippen LogP contribution in [0.1, 0.15) is 19.4 Å². The van der Waals surface area contributed by atoms with Crippen molar-refractivity contribution in [3.63, 3.8) is 0 Å². The van der Waals surface area contributed by atoms with Gasteiger partial charge in [0.15, 0.2) is 0 Å². The predicted molar refractivity (Wildman–Crippen MR) is 125 cm³/mol. The highest BCUT2D eigenvalue weighted by Crippen LogP contribution is 2.54. The number of phosphoric ester groups is 1. The predicted octanol–water partition coefficient (Wildman–Crippen LogP) is 6.32. The SMILES string of the molecule is CCOP(=O)(OCC)O/C(=C\P(c1ccccc1)c1ccccc1)c1ccccc1. The molecule has 3 rings (SSSR count). The van der Waals surface area contributed by atoms with Crippen LogP contribution in [0.2, 0.25) is 0 Å². The first-order valence-corrected chi connectivity index (χ1v) is 12.8. The number of phosphoric acid groups is 1. The Kier molecular flexibility index (Phi) is 8.42. The van der Waals surface area contributed by atoms with Gasteiger partial charge in [-0.1, -0.05) is 91.0 Å². The van der Waals surface area contributed by atoms with E-state index in [1.807, 2.05) is 72.5 Å². The molecule has 0 spiro atoms. The van der Waals surface area contributed by atoms with Crippen molar-refractivity contribution < 1.29 is 18.1 Å². The second kappa shape index (κ2) is 11.2. The summed E-state index contributed by atoms with van der Waals surface area (Å²) >= 11 is 0. The molecule has 30 heavy (non-hydrogen) atoms. The summed E-state index contributed by atoms with van der Waals surface area (Å²) in [6.45, 7) is 3.99. The van der Waals surface area contributed by atoms with Gasteiger partial charge in [0.2, 0.25) is 0 Å². The van der Waals surface area contributed by atoms with Crippen LogP contribution in [0.15, 0.2) is 96.8 Å². The zero-order chi connectivity index (χ0) is 21.2. The van der Waals surface area contributed by atoms with E-state index in [4.69, 9.17) is 13.6 Å². The Bertz CT molecular complexity index is 926. The average molecular weight is 440 g/mol. The Hall–Kier alpha value is -2.22. The molecule has 3 aromatic carbocycles. The van der Waals surface area contributed by atoms with Crippen LogP contribution in [0.4, 0.5) is 0 Å². The molecule has 0 aliphatic rings. The molecular formula is C24H26O4P2. The summed E-state index contributed by atoms with van der Waals surface area (Å²) in [6.07, 6.45) is 0. The zero-order valence-corrected chi connectivity index (χ0v) is 19.0. The van der Waals surface area contributed by atoms with Gasteiger partial charge in [0.25, 0.3) is 0 Å². The molecule has 3 aromatic rings. The van der Waals surface area contributed by atoms with E-state index in [1.54, 1.807) is 13.8 Å². The van der Waals surface area contributed by atoms with Gasteiger partial charge in [-0.2, -0.15) is 0 Å². The molecule has 0 radical (unpaired) electrons. The molecular weight excluding hydrogens is 414 g/mol. The van der Waals surface area contributed by atoms with Crippen LogP contribution in [0.25, 0.3) is 5.76 Å². The Labute approximate surface area is 179 Å². The quantitative estimate of drug-likeness (QED) is 0.274. The Morgan fingerprint density at radius 3 is 1.63 bits per heavy atom. The summed E-state index contributed by atoms with van der Waals surface area (Å²) in [5, 5.41) is 2.33. The third-order valence-electron chi connectivity index (χ3n) is 4.16. The fraction of sp³-hybridized carbons (Fsp3) is 0.167. The summed E-state index contributed by atoms with van der Waals surface area (Å²) in [5.74, 6) is 2.53. The highest BCUT2D eigenvalue weighted by atomic mass is 31.2. The van der Waals surface area contributed by atoms with Crippen molar-refractivity contribution in [2.75, 3.05) is 13.2 Å². The van der Waals surface area contributed by atoms with E-state index in [0.29, 0.717) is 5.76 Å². The van der Waals surface area contributed by atoms with Gasteiger partial charge >= 0.3 is 7.82 Å². The molecule has 4 nitrogen and oxygen atoms in total. The van der Waals surface area contributed by atoms with E-state index < -0.39 is 15.7 Å². The van der Waals surface area contributed by atoms with Crippen molar-refractivity contribution in [2.45, 2.75) is 13.8 Å². The lowest BCUT2D eigenvalue weighted by Crippen LogP contribution is -2.10. The monoisotopic (exact) mass is 440 g/mol. The Balaban J connectivity index is 2.11. The largest absolute Gasteiger partial charge is 0.530 e. The van der Waals surface area contributed by atoms with Crippen molar-refractivity contribution in [3.8, 4) is 0 Å². The first kappa shape index (κ1) is 22.5. The normalized spacial score (nSPS) is 12.2. The lowest BCUT2D eigenvalue weighted by atomic mass is 10.2. The van der Waals surface area contributed by atoms with Gasteiger partial charge in [0, 0.05) is 5.56 Å². The van der Waals surface area contributed by atoms with E-state index in [2.05, 4.69) is 24.3 Å². The van der Waals surface area contributed by atoms with Crippen molar-refractivity contribution in [2.24, 2.45) is 0 Å². The molecule has 0 atom stereocenters. The van der Waals surface area contributed by atoms with E-state index in [-0.39, 0.29) is 13.2 Å². The number of hydrogen-bond donors (Lipinski definition) is 0. The molecule has 0 saturated heterocycles. The van der Waals surface area contributed by atoms with Crippen LogP contribution in [-0.2, 0) is 18.1 Å². The van der Waals surface area contributed by atoms with Crippen LogP contribution in [0, 0.1) is 0 Å². The number of benzene rings is 3. The van der Waals surface area contributed by atoms with Crippen molar-refractivity contribution in [1.82, 2.24) is 0 Å². The first-order chi connectivity index (χ1) is 14.6. The van der Waals surface area contributed by atoms with Crippen LogP contribution in [-0.4, -0.2) is 13.2 Å². The second-order valence-electron chi connectivity index (χ2n) is 6.27. The zero-order valence-electron chi connectivity index (χ0n) is 17.2. The third-order valence-corrected chi connectivity index (χ3v) is 7.93. The van der Waals surface area contributed by atoms with Gasteiger partial charge < -0.3 is 4.52 Å². The van der Waals surface area contributed by atoms with Gasteiger partial charge in [-0.3, -0.25) is 9.05 Å². The molecule has 0 heterocycles. The number of hydrogen-bond acceptors (Lipinski definition) is 4. The van der Waals surface area contributed by atoms with E-state index in [9.17, 15) is 4.57 Å². The van der Waals surface area contributed by atoms with Crippen LogP contribution in [0.3, 0.4) is 0 Å². The fourth-order valence-electron chi connectivity index (χ4n) is 2.87. The van der Waals surface area contributed by atoms with Crippen molar-refractivity contribution in [1.29, 1.82) is 0 Å². The molecule has 0 aromatic heterocycles. The molecule has 0 aliphatic carbocycles. The van der Waals surface area contributed by atoms with Gasteiger partial charge in [0.05, 0.1) is 13.2 Å². The molecule has 0 amide bonds. The third kappa shape index (κ3) is 6.14. The topological polar surface area (TPSA) is 44.8 Å². The van der Waals surface area contributed by atoms with Gasteiger partial charge in [0.1, 0.15) is 5.76 Å². The highest BCUT2D eigenvalue weighted by Gasteiger charge is 2.29. The maximum absolute atomic E-state index is 13.2. The molecule has 156 valence electrons. The lowest BCUT2D eigenvalue weighted by Gasteiger charge is -2.22. The molecule has 0 N–H and O–H groups in total. The summed E-state index contributed by atoms with van der Waals surface area (Å²) in [7, 11) is -4.64. The van der Waals surface area contributed by atoms with Crippen LogP contribution in [0.5, 0.6) is 0 Å². The maximum Gasteiger partial charge on any atom is 0.530 e. The van der Waals surface area contributed by atoms with Gasteiger partial charge in [-0.25, -0.2) is 4.57 Å². The van der Waals surface area contributed by atoms with E-state index >= 15 is 0 Å². The minimum Gasteiger partial charge on any atom is -0.403 e. The summed E-state index contributed by atoms with van der Waals surface area (Å²) in [5.41, 5.74) is 0.816. The lowest BCUT2D eigenvalue weighted by molar-refractivity contribution is 0.159. The molecule has 0 saturated carbocycles. The molecule has 0 fully saturated rings. The minimum absolute atomic E-state index is 0.228.